The van der Waals surface area contributed by atoms with Crippen LogP contribution in [-0.4, -0.2) is 33.8 Å². The molecule has 100 valence electrons. The van der Waals surface area contributed by atoms with Gasteiger partial charge in [0.2, 0.25) is 0 Å². The molecule has 1 unspecified atom stereocenters. The number of nitrogens with one attached hydrogen (secondary N) is 1. The summed E-state index contributed by atoms with van der Waals surface area (Å²) in [6.07, 6.45) is 2.34. The van der Waals surface area contributed by atoms with E-state index in [4.69, 9.17) is 4.74 Å². The van der Waals surface area contributed by atoms with Crippen molar-refractivity contribution in [3.05, 3.63) is 23.8 Å². The first kappa shape index (κ1) is 13.2. The van der Waals surface area contributed by atoms with E-state index >= 15 is 0 Å². The quantitative estimate of drug-likeness (QED) is 0.865. The van der Waals surface area contributed by atoms with Crippen molar-refractivity contribution in [2.75, 3.05) is 38.7 Å². The first-order chi connectivity index (χ1) is 8.74. The highest BCUT2D eigenvalue weighted by Gasteiger charge is 2.18. The van der Waals surface area contributed by atoms with Gasteiger partial charge in [-0.3, -0.25) is 0 Å². The molecule has 0 bridgehead atoms. The van der Waals surface area contributed by atoms with E-state index in [1.807, 2.05) is 0 Å². The molecule has 1 aromatic rings. The van der Waals surface area contributed by atoms with E-state index < -0.39 is 0 Å². The van der Waals surface area contributed by atoms with Gasteiger partial charge in [-0.05, 0) is 49.5 Å². The number of ether oxygens (including phenoxy) is 1. The molecule has 1 heterocycles. The number of hydrogen-bond donors (Lipinski definition) is 1. The minimum absolute atomic E-state index is 0.755. The molecular weight excluding hydrogens is 224 g/mol. The summed E-state index contributed by atoms with van der Waals surface area (Å²) in [6.45, 7) is 5.58. The minimum Gasteiger partial charge on any atom is -0.495 e. The Kier molecular flexibility index (Phi) is 4.48. The highest BCUT2D eigenvalue weighted by molar-refractivity contribution is 5.59. The molecule has 0 aromatic heterocycles. The molecule has 0 spiro atoms. The molecule has 1 N–H and O–H groups in total. The first-order valence-electron chi connectivity index (χ1n) is 6.83. The number of nitrogens with zero attached hydrogens (tertiary/aromatic N) is 1. The van der Waals surface area contributed by atoms with Crippen molar-refractivity contribution in [3.63, 3.8) is 0 Å². The third-order valence-corrected chi connectivity index (χ3v) is 3.76. The lowest BCUT2D eigenvalue weighted by molar-refractivity contribution is 0.413. The lowest BCUT2D eigenvalue weighted by atomic mass is 10.1. The largest absolute Gasteiger partial charge is 0.495 e. The maximum Gasteiger partial charge on any atom is 0.142 e. The summed E-state index contributed by atoms with van der Waals surface area (Å²) < 4.78 is 5.47. The maximum atomic E-state index is 5.47. The molecular formula is C15H24N2O. The molecule has 1 aliphatic rings. The number of aryl methyl sites for hydroxylation is 1. The fraction of sp³-hybridized carbons (Fsp3) is 0.600. The highest BCUT2D eigenvalue weighted by atomic mass is 16.5. The van der Waals surface area contributed by atoms with Crippen LogP contribution >= 0.6 is 0 Å². The van der Waals surface area contributed by atoms with Gasteiger partial charge in [0.05, 0.1) is 12.8 Å². The van der Waals surface area contributed by atoms with Gasteiger partial charge < -0.3 is 15.0 Å². The molecule has 3 nitrogen and oxygen atoms in total. The fourth-order valence-corrected chi connectivity index (χ4v) is 2.61. The van der Waals surface area contributed by atoms with Crippen molar-refractivity contribution in [1.29, 1.82) is 0 Å². The Morgan fingerprint density at radius 3 is 2.89 bits per heavy atom. The van der Waals surface area contributed by atoms with Crippen molar-refractivity contribution in [3.8, 4) is 5.75 Å². The minimum atomic E-state index is 0.755. The molecule has 1 aromatic carbocycles. The van der Waals surface area contributed by atoms with E-state index in [1.165, 1.54) is 17.7 Å². The van der Waals surface area contributed by atoms with Crippen LogP contribution < -0.4 is 15.0 Å². The summed E-state index contributed by atoms with van der Waals surface area (Å²) in [5.74, 6) is 1.73. The van der Waals surface area contributed by atoms with Crippen molar-refractivity contribution >= 4 is 5.69 Å². The van der Waals surface area contributed by atoms with Gasteiger partial charge in [0, 0.05) is 13.6 Å². The van der Waals surface area contributed by atoms with Gasteiger partial charge in [-0.1, -0.05) is 13.0 Å². The monoisotopic (exact) mass is 248 g/mol. The molecule has 0 amide bonds. The average Bonchev–Trinajstić information content (AvgIpc) is 2.90. The summed E-state index contributed by atoms with van der Waals surface area (Å²) in [7, 11) is 3.91. The van der Waals surface area contributed by atoms with Crippen LogP contribution in [0.3, 0.4) is 0 Å². The molecule has 0 aliphatic carbocycles. The summed E-state index contributed by atoms with van der Waals surface area (Å²) in [5.41, 5.74) is 2.57. The molecule has 1 aliphatic heterocycles. The molecule has 1 atom stereocenters. The van der Waals surface area contributed by atoms with Crippen molar-refractivity contribution in [2.24, 2.45) is 5.92 Å². The van der Waals surface area contributed by atoms with Crippen molar-refractivity contribution < 1.29 is 4.74 Å². The molecule has 18 heavy (non-hydrogen) atoms. The van der Waals surface area contributed by atoms with Gasteiger partial charge in [0.15, 0.2) is 0 Å². The molecule has 3 heteroatoms. The van der Waals surface area contributed by atoms with Crippen molar-refractivity contribution in [1.82, 2.24) is 5.32 Å². The number of rotatable bonds is 5. The zero-order chi connectivity index (χ0) is 13.0. The van der Waals surface area contributed by atoms with Crippen LogP contribution in [0.25, 0.3) is 0 Å². The number of methoxy groups -OCH3 is 1. The van der Waals surface area contributed by atoms with E-state index in [0.29, 0.717) is 0 Å². The van der Waals surface area contributed by atoms with Gasteiger partial charge in [0.25, 0.3) is 0 Å². The van der Waals surface area contributed by atoms with Crippen LogP contribution in [0.15, 0.2) is 18.2 Å². The van der Waals surface area contributed by atoms with E-state index in [2.05, 4.69) is 42.4 Å². The molecule has 1 fully saturated rings. The highest BCUT2D eigenvalue weighted by Crippen LogP contribution is 2.29. The third-order valence-electron chi connectivity index (χ3n) is 3.76. The zero-order valence-electron chi connectivity index (χ0n) is 11.7. The number of hydrogen-bond acceptors (Lipinski definition) is 3. The predicted octanol–water partition coefficient (Wildman–Crippen LogP) is 2.30. The summed E-state index contributed by atoms with van der Waals surface area (Å²) in [4.78, 5) is 2.33. The normalized spacial score (nSPS) is 18.9. The SMILES string of the molecule is CCc1ccc(OC)c(N(C)CC2CCNC2)c1. The molecule has 0 saturated carbocycles. The Bertz CT molecular complexity index is 386. The van der Waals surface area contributed by atoms with Crippen LogP contribution in [-0.2, 0) is 6.42 Å². The van der Waals surface area contributed by atoms with Crippen LogP contribution in [0.1, 0.15) is 18.9 Å². The Labute approximate surface area is 110 Å². The summed E-state index contributed by atoms with van der Waals surface area (Å²) in [6, 6.07) is 6.48. The van der Waals surface area contributed by atoms with E-state index in [0.717, 1.165) is 37.7 Å². The Morgan fingerprint density at radius 1 is 1.44 bits per heavy atom. The molecule has 1 saturated heterocycles. The standard InChI is InChI=1S/C15H24N2O/c1-4-12-5-6-15(18-3)14(9-12)17(2)11-13-7-8-16-10-13/h5-6,9,13,16H,4,7-8,10-11H2,1-3H3. The Balaban J connectivity index is 2.13. The first-order valence-corrected chi connectivity index (χ1v) is 6.83. The lowest BCUT2D eigenvalue weighted by Crippen LogP contribution is -2.27. The van der Waals surface area contributed by atoms with Crippen LogP contribution in [0.2, 0.25) is 0 Å². The van der Waals surface area contributed by atoms with Crippen LogP contribution in [0.4, 0.5) is 5.69 Å². The van der Waals surface area contributed by atoms with Gasteiger partial charge in [-0.15, -0.1) is 0 Å². The van der Waals surface area contributed by atoms with E-state index in [-0.39, 0.29) is 0 Å². The second-order valence-corrected chi connectivity index (χ2v) is 5.10. The second kappa shape index (κ2) is 6.10. The smallest absolute Gasteiger partial charge is 0.142 e. The second-order valence-electron chi connectivity index (χ2n) is 5.10. The number of anilines is 1. The summed E-state index contributed by atoms with van der Waals surface area (Å²) in [5, 5.41) is 3.42. The van der Waals surface area contributed by atoms with Crippen LogP contribution in [0.5, 0.6) is 5.75 Å². The van der Waals surface area contributed by atoms with Gasteiger partial charge in [0.1, 0.15) is 5.75 Å². The topological polar surface area (TPSA) is 24.5 Å². The van der Waals surface area contributed by atoms with Crippen molar-refractivity contribution in [2.45, 2.75) is 19.8 Å². The van der Waals surface area contributed by atoms with E-state index in [9.17, 15) is 0 Å². The zero-order valence-corrected chi connectivity index (χ0v) is 11.7. The van der Waals surface area contributed by atoms with Gasteiger partial charge >= 0.3 is 0 Å². The Hall–Kier alpha value is -1.22. The van der Waals surface area contributed by atoms with Crippen LogP contribution in [0, 0.1) is 5.92 Å². The molecule has 0 radical (unpaired) electrons. The Morgan fingerprint density at radius 2 is 2.28 bits per heavy atom. The molecule has 2 rings (SSSR count). The van der Waals surface area contributed by atoms with Gasteiger partial charge in [-0.25, -0.2) is 0 Å². The maximum absolute atomic E-state index is 5.47. The number of benzene rings is 1. The summed E-state index contributed by atoms with van der Waals surface area (Å²) >= 11 is 0. The van der Waals surface area contributed by atoms with E-state index in [1.54, 1.807) is 7.11 Å². The third kappa shape index (κ3) is 2.96. The predicted molar refractivity (Wildman–Crippen MR) is 76.6 cm³/mol. The lowest BCUT2D eigenvalue weighted by Gasteiger charge is -2.25. The average molecular weight is 248 g/mol. The fourth-order valence-electron chi connectivity index (χ4n) is 2.61. The van der Waals surface area contributed by atoms with Gasteiger partial charge in [-0.2, -0.15) is 0 Å².